The van der Waals surface area contributed by atoms with Gasteiger partial charge in [-0.3, -0.25) is 14.1 Å². The molecule has 3 heterocycles. The molecule has 1 aromatic carbocycles. The third-order valence-corrected chi connectivity index (χ3v) is 5.46. The molecule has 0 aliphatic carbocycles. The van der Waals surface area contributed by atoms with Gasteiger partial charge in [0, 0.05) is 35.8 Å². The van der Waals surface area contributed by atoms with E-state index < -0.39 is 0 Å². The Morgan fingerprint density at radius 3 is 2.55 bits per heavy atom. The molecule has 3 aromatic heterocycles. The van der Waals surface area contributed by atoms with Crippen LogP contribution in [0, 0.1) is 0 Å². The maximum absolute atomic E-state index is 12.8. The zero-order valence-corrected chi connectivity index (χ0v) is 18.0. The van der Waals surface area contributed by atoms with E-state index in [1.807, 2.05) is 60.3 Å². The monoisotopic (exact) mass is 417 g/mol. The lowest BCUT2D eigenvalue weighted by atomic mass is 10.0. The molecule has 0 amide bonds. The summed E-state index contributed by atoms with van der Waals surface area (Å²) >= 11 is 0. The molecule has 0 fully saturated rings. The van der Waals surface area contributed by atoms with Gasteiger partial charge in [-0.15, -0.1) is 10.2 Å². The van der Waals surface area contributed by atoms with Gasteiger partial charge in [0.25, 0.3) is 0 Å². The number of tetrazole rings is 1. The average molecular weight is 418 g/mol. The number of rotatable bonds is 9. The predicted molar refractivity (Wildman–Crippen MR) is 120 cm³/mol. The van der Waals surface area contributed by atoms with E-state index >= 15 is 0 Å². The second-order valence-electron chi connectivity index (χ2n) is 7.56. The highest BCUT2D eigenvalue weighted by atomic mass is 16.1. The highest BCUT2D eigenvalue weighted by Crippen LogP contribution is 2.28. The van der Waals surface area contributed by atoms with Crippen molar-refractivity contribution in [2.24, 2.45) is 0 Å². The largest absolute Gasteiger partial charge is 0.328 e. The van der Waals surface area contributed by atoms with E-state index in [2.05, 4.69) is 32.5 Å². The van der Waals surface area contributed by atoms with Gasteiger partial charge in [-0.1, -0.05) is 50.1 Å². The molecule has 0 aliphatic heterocycles. The Morgan fingerprint density at radius 2 is 1.87 bits per heavy atom. The first kappa shape index (κ1) is 20.7. The second kappa shape index (κ2) is 9.51. The summed E-state index contributed by atoms with van der Waals surface area (Å²) in [6.45, 7) is 5.39. The van der Waals surface area contributed by atoms with Crippen LogP contribution in [0.2, 0.25) is 0 Å². The third kappa shape index (κ3) is 4.47. The zero-order valence-electron chi connectivity index (χ0n) is 18.0. The minimum atomic E-state index is 0.0422. The number of nitrogens with one attached hydrogen (secondary N) is 1. The lowest BCUT2D eigenvalue weighted by molar-refractivity contribution is 0.637. The fraction of sp³-hybridized carbons (Fsp3) is 0.348. The topological polar surface area (TPSA) is 94.3 Å². The highest BCUT2D eigenvalue weighted by molar-refractivity contribution is 5.78. The lowest BCUT2D eigenvalue weighted by Crippen LogP contribution is -2.25. The van der Waals surface area contributed by atoms with Crippen molar-refractivity contribution in [2.75, 3.05) is 0 Å². The van der Waals surface area contributed by atoms with E-state index in [0.29, 0.717) is 18.9 Å². The molecule has 0 radical (unpaired) electrons. The number of benzene rings is 1. The number of aryl methyl sites for hydroxylation is 2. The SMILES string of the molecule is CCCCCc1cn(CC)c(=O)n1Cc1ccc(-c2ccccc2-c2nn[nH]n2)nc1. The summed E-state index contributed by atoms with van der Waals surface area (Å²) in [5.41, 5.74) is 4.75. The summed E-state index contributed by atoms with van der Waals surface area (Å²) in [6.07, 6.45) is 8.18. The molecule has 160 valence electrons. The molecule has 8 nitrogen and oxygen atoms in total. The predicted octanol–water partition coefficient (Wildman–Crippen LogP) is 3.69. The molecule has 0 unspecified atom stereocenters. The molecular formula is C23H27N7O. The first-order valence-electron chi connectivity index (χ1n) is 10.8. The van der Waals surface area contributed by atoms with E-state index in [0.717, 1.165) is 47.3 Å². The van der Waals surface area contributed by atoms with Crippen molar-refractivity contribution in [2.45, 2.75) is 52.6 Å². The van der Waals surface area contributed by atoms with E-state index in [1.54, 1.807) is 4.57 Å². The first-order valence-corrected chi connectivity index (χ1v) is 10.8. The van der Waals surface area contributed by atoms with Crippen molar-refractivity contribution in [1.82, 2.24) is 34.7 Å². The van der Waals surface area contributed by atoms with E-state index in [4.69, 9.17) is 0 Å². The minimum absolute atomic E-state index is 0.0422. The van der Waals surface area contributed by atoms with E-state index in [9.17, 15) is 4.79 Å². The van der Waals surface area contributed by atoms with Crippen LogP contribution in [-0.2, 0) is 19.5 Å². The minimum Gasteiger partial charge on any atom is -0.299 e. The number of aromatic amines is 1. The number of hydrogen-bond acceptors (Lipinski definition) is 5. The van der Waals surface area contributed by atoms with Crippen molar-refractivity contribution in [3.63, 3.8) is 0 Å². The number of nitrogens with zero attached hydrogens (tertiary/aromatic N) is 6. The Balaban J connectivity index is 1.60. The molecule has 0 aliphatic rings. The van der Waals surface area contributed by atoms with Crippen LogP contribution in [0.3, 0.4) is 0 Å². The maximum atomic E-state index is 12.8. The first-order chi connectivity index (χ1) is 15.2. The molecular weight excluding hydrogens is 390 g/mol. The van der Waals surface area contributed by atoms with Crippen LogP contribution in [0.4, 0.5) is 0 Å². The van der Waals surface area contributed by atoms with Crippen molar-refractivity contribution in [3.05, 3.63) is 70.5 Å². The van der Waals surface area contributed by atoms with Crippen LogP contribution in [0.15, 0.2) is 53.6 Å². The number of imidazole rings is 1. The van der Waals surface area contributed by atoms with Crippen LogP contribution in [-0.4, -0.2) is 34.7 Å². The summed E-state index contributed by atoms with van der Waals surface area (Å²) in [7, 11) is 0. The molecule has 0 atom stereocenters. The molecule has 4 rings (SSSR count). The fourth-order valence-corrected chi connectivity index (χ4v) is 3.77. The molecule has 4 aromatic rings. The Labute approximate surface area is 181 Å². The van der Waals surface area contributed by atoms with Gasteiger partial charge in [-0.05, 0) is 36.6 Å². The van der Waals surface area contributed by atoms with Crippen LogP contribution in [0.5, 0.6) is 0 Å². The van der Waals surface area contributed by atoms with Gasteiger partial charge < -0.3 is 0 Å². The van der Waals surface area contributed by atoms with Gasteiger partial charge in [0.2, 0.25) is 5.82 Å². The van der Waals surface area contributed by atoms with Gasteiger partial charge in [0.1, 0.15) is 0 Å². The van der Waals surface area contributed by atoms with Crippen LogP contribution in [0.25, 0.3) is 22.6 Å². The standard InChI is InChI=1S/C23H27N7O/c1-3-5-6-9-18-16-29(4-2)23(31)30(18)15-17-12-13-21(24-14-17)19-10-7-8-11-20(19)22-25-27-28-26-22/h7-8,10-14,16H,3-6,9,15H2,1-2H3,(H,25,26,27,28). The Bertz CT molecular complexity index is 1170. The Kier molecular flexibility index (Phi) is 6.35. The smallest absolute Gasteiger partial charge is 0.299 e. The van der Waals surface area contributed by atoms with Crippen molar-refractivity contribution >= 4 is 0 Å². The van der Waals surface area contributed by atoms with Crippen LogP contribution >= 0.6 is 0 Å². The number of pyridine rings is 1. The second-order valence-corrected chi connectivity index (χ2v) is 7.56. The van der Waals surface area contributed by atoms with Crippen molar-refractivity contribution < 1.29 is 0 Å². The fourth-order valence-electron chi connectivity index (χ4n) is 3.77. The Morgan fingerprint density at radius 1 is 1.03 bits per heavy atom. The van der Waals surface area contributed by atoms with Crippen LogP contribution in [0.1, 0.15) is 44.4 Å². The van der Waals surface area contributed by atoms with Crippen molar-refractivity contribution in [1.29, 1.82) is 0 Å². The normalized spacial score (nSPS) is 11.2. The van der Waals surface area contributed by atoms with Crippen molar-refractivity contribution in [3.8, 4) is 22.6 Å². The molecule has 0 bridgehead atoms. The molecule has 1 N–H and O–H groups in total. The summed E-state index contributed by atoms with van der Waals surface area (Å²) < 4.78 is 3.66. The van der Waals surface area contributed by atoms with E-state index in [-0.39, 0.29) is 5.69 Å². The molecule has 0 saturated carbocycles. The Hall–Kier alpha value is -3.55. The van der Waals surface area contributed by atoms with Crippen LogP contribution < -0.4 is 5.69 Å². The molecule has 0 saturated heterocycles. The van der Waals surface area contributed by atoms with Gasteiger partial charge in [-0.2, -0.15) is 5.21 Å². The molecule has 0 spiro atoms. The summed E-state index contributed by atoms with van der Waals surface area (Å²) in [4.78, 5) is 17.5. The zero-order chi connectivity index (χ0) is 21.6. The summed E-state index contributed by atoms with van der Waals surface area (Å²) in [5.74, 6) is 0.533. The maximum Gasteiger partial charge on any atom is 0.328 e. The van der Waals surface area contributed by atoms with E-state index in [1.165, 1.54) is 6.42 Å². The number of unbranched alkanes of at least 4 members (excludes halogenated alkanes) is 2. The number of H-pyrrole nitrogens is 1. The number of hydrogen-bond donors (Lipinski definition) is 1. The molecule has 31 heavy (non-hydrogen) atoms. The lowest BCUT2D eigenvalue weighted by Gasteiger charge is -2.09. The summed E-state index contributed by atoms with van der Waals surface area (Å²) in [5, 5.41) is 14.3. The van der Waals surface area contributed by atoms with Gasteiger partial charge in [0.15, 0.2) is 0 Å². The van der Waals surface area contributed by atoms with Gasteiger partial charge in [-0.25, -0.2) is 4.79 Å². The average Bonchev–Trinajstić information content (AvgIpc) is 3.44. The van der Waals surface area contributed by atoms with Gasteiger partial charge in [0.05, 0.1) is 12.2 Å². The number of aromatic nitrogens is 7. The molecule has 8 heteroatoms. The summed E-state index contributed by atoms with van der Waals surface area (Å²) in [6, 6.07) is 11.9. The highest BCUT2D eigenvalue weighted by Gasteiger charge is 2.13. The third-order valence-electron chi connectivity index (χ3n) is 5.46. The quantitative estimate of drug-likeness (QED) is 0.419. The van der Waals surface area contributed by atoms with Gasteiger partial charge >= 0.3 is 5.69 Å².